The highest BCUT2D eigenvalue weighted by Gasteiger charge is 2.19. The van der Waals surface area contributed by atoms with Crippen molar-refractivity contribution in [3.63, 3.8) is 0 Å². The zero-order chi connectivity index (χ0) is 16.9. The standard InChI is InChI=1S/C15H20Cl2N2O3/c1-9(2)13(20)7-15(22)19(3)8-14(21)18-10-4-5-11(16)12(17)6-10/h4-6,9,13,20H,7-8H2,1-3H3,(H,18,21). The van der Waals surface area contributed by atoms with Crippen LogP contribution in [0.25, 0.3) is 0 Å². The number of aliphatic hydroxyl groups is 1. The number of aliphatic hydroxyl groups excluding tert-OH is 1. The van der Waals surface area contributed by atoms with Gasteiger partial charge in [0.1, 0.15) is 0 Å². The number of nitrogens with one attached hydrogen (secondary N) is 1. The largest absolute Gasteiger partial charge is 0.392 e. The van der Waals surface area contributed by atoms with Crippen molar-refractivity contribution >= 4 is 40.7 Å². The minimum Gasteiger partial charge on any atom is -0.392 e. The summed E-state index contributed by atoms with van der Waals surface area (Å²) in [5, 5.41) is 13.1. The molecule has 0 aliphatic carbocycles. The third kappa shape index (κ3) is 5.83. The van der Waals surface area contributed by atoms with Gasteiger partial charge < -0.3 is 15.3 Å². The van der Waals surface area contributed by atoms with Crippen molar-refractivity contribution in [1.29, 1.82) is 0 Å². The monoisotopic (exact) mass is 346 g/mol. The van der Waals surface area contributed by atoms with Crippen LogP contribution < -0.4 is 5.32 Å². The molecule has 0 aliphatic rings. The van der Waals surface area contributed by atoms with E-state index < -0.39 is 6.10 Å². The molecular weight excluding hydrogens is 327 g/mol. The summed E-state index contributed by atoms with van der Waals surface area (Å²) in [6, 6.07) is 4.73. The lowest BCUT2D eigenvalue weighted by Crippen LogP contribution is -2.37. The molecule has 2 amide bonds. The van der Waals surface area contributed by atoms with E-state index in [9.17, 15) is 14.7 Å². The number of nitrogens with zero attached hydrogens (tertiary/aromatic N) is 1. The topological polar surface area (TPSA) is 69.6 Å². The fourth-order valence-corrected chi connectivity index (χ4v) is 1.95. The van der Waals surface area contributed by atoms with Gasteiger partial charge in [-0.25, -0.2) is 0 Å². The highest BCUT2D eigenvalue weighted by molar-refractivity contribution is 6.42. The molecule has 0 fully saturated rings. The molecule has 1 atom stereocenters. The van der Waals surface area contributed by atoms with E-state index in [1.165, 1.54) is 18.0 Å². The number of halogens is 2. The molecule has 2 N–H and O–H groups in total. The van der Waals surface area contributed by atoms with Gasteiger partial charge in [0.2, 0.25) is 11.8 Å². The summed E-state index contributed by atoms with van der Waals surface area (Å²) < 4.78 is 0. The van der Waals surface area contributed by atoms with Crippen molar-refractivity contribution in [2.75, 3.05) is 18.9 Å². The van der Waals surface area contributed by atoms with Crippen molar-refractivity contribution in [1.82, 2.24) is 4.90 Å². The number of anilines is 1. The first kappa shape index (κ1) is 18.7. The quantitative estimate of drug-likeness (QED) is 0.831. The number of rotatable bonds is 6. The van der Waals surface area contributed by atoms with Crippen LogP contribution in [0, 0.1) is 5.92 Å². The number of hydrogen-bond acceptors (Lipinski definition) is 3. The number of carbonyl (C=O) groups is 2. The normalized spacial score (nSPS) is 12.1. The molecule has 0 heterocycles. The van der Waals surface area contributed by atoms with E-state index in [4.69, 9.17) is 23.2 Å². The van der Waals surface area contributed by atoms with Crippen molar-refractivity contribution in [3.05, 3.63) is 28.2 Å². The van der Waals surface area contributed by atoms with Crippen LogP contribution in [0.15, 0.2) is 18.2 Å². The fourth-order valence-electron chi connectivity index (χ4n) is 1.65. The molecule has 0 spiro atoms. The molecule has 1 unspecified atom stereocenters. The van der Waals surface area contributed by atoms with E-state index in [0.717, 1.165) is 0 Å². The SMILES string of the molecule is CC(C)C(O)CC(=O)N(C)CC(=O)Nc1ccc(Cl)c(Cl)c1. The highest BCUT2D eigenvalue weighted by Crippen LogP contribution is 2.24. The summed E-state index contributed by atoms with van der Waals surface area (Å²) in [5.41, 5.74) is 0.502. The summed E-state index contributed by atoms with van der Waals surface area (Å²) in [7, 11) is 1.52. The second-order valence-corrected chi connectivity index (χ2v) is 6.26. The van der Waals surface area contributed by atoms with Gasteiger partial charge in [-0.3, -0.25) is 9.59 Å². The van der Waals surface area contributed by atoms with Gasteiger partial charge in [-0.2, -0.15) is 0 Å². The molecule has 0 saturated heterocycles. The number of hydrogen-bond donors (Lipinski definition) is 2. The van der Waals surface area contributed by atoms with E-state index in [1.54, 1.807) is 12.1 Å². The molecule has 0 bridgehead atoms. The van der Waals surface area contributed by atoms with Crippen LogP contribution >= 0.6 is 23.2 Å². The maximum atomic E-state index is 11.9. The molecule has 122 valence electrons. The van der Waals surface area contributed by atoms with Crippen molar-refractivity contribution in [3.8, 4) is 0 Å². The first-order chi connectivity index (χ1) is 10.2. The Morgan fingerprint density at radius 3 is 2.45 bits per heavy atom. The Kier molecular flexibility index (Phi) is 7.13. The van der Waals surface area contributed by atoms with Crippen LogP contribution in [0.3, 0.4) is 0 Å². The maximum Gasteiger partial charge on any atom is 0.243 e. The van der Waals surface area contributed by atoms with Crippen LogP contribution in [-0.4, -0.2) is 41.5 Å². The Hall–Kier alpha value is -1.30. The van der Waals surface area contributed by atoms with Gasteiger partial charge in [0.05, 0.1) is 29.1 Å². The minimum atomic E-state index is -0.715. The molecule has 0 radical (unpaired) electrons. The summed E-state index contributed by atoms with van der Waals surface area (Å²) >= 11 is 11.7. The summed E-state index contributed by atoms with van der Waals surface area (Å²) in [4.78, 5) is 25.1. The Labute approximate surface area is 140 Å². The maximum absolute atomic E-state index is 11.9. The molecule has 5 nitrogen and oxygen atoms in total. The van der Waals surface area contributed by atoms with Crippen molar-refractivity contribution in [2.24, 2.45) is 5.92 Å². The summed E-state index contributed by atoms with van der Waals surface area (Å²) in [6.07, 6.45) is -0.720. The first-order valence-electron chi connectivity index (χ1n) is 6.87. The summed E-state index contributed by atoms with van der Waals surface area (Å²) in [5.74, 6) is -0.652. The van der Waals surface area contributed by atoms with Gasteiger partial charge >= 0.3 is 0 Å². The van der Waals surface area contributed by atoms with Crippen LogP contribution in [0.4, 0.5) is 5.69 Å². The minimum absolute atomic E-state index is 0.00573. The third-order valence-corrected chi connectivity index (χ3v) is 3.90. The molecule has 1 rings (SSSR count). The van der Waals surface area contributed by atoms with Crippen LogP contribution in [0.1, 0.15) is 20.3 Å². The Morgan fingerprint density at radius 2 is 1.91 bits per heavy atom. The fraction of sp³-hybridized carbons (Fsp3) is 0.467. The first-order valence-corrected chi connectivity index (χ1v) is 7.63. The Balaban J connectivity index is 2.53. The van der Waals surface area contributed by atoms with Crippen LogP contribution in [0.5, 0.6) is 0 Å². The lowest BCUT2D eigenvalue weighted by molar-refractivity contribution is -0.135. The second kappa shape index (κ2) is 8.36. The van der Waals surface area contributed by atoms with Gasteiger partial charge in [-0.15, -0.1) is 0 Å². The van der Waals surface area contributed by atoms with E-state index in [1.807, 2.05) is 13.8 Å². The highest BCUT2D eigenvalue weighted by atomic mass is 35.5. The zero-order valence-corrected chi connectivity index (χ0v) is 14.3. The molecule has 0 saturated carbocycles. The van der Waals surface area contributed by atoms with Gasteiger partial charge in [-0.05, 0) is 24.1 Å². The lowest BCUT2D eigenvalue weighted by atomic mass is 10.0. The number of amides is 2. The van der Waals surface area contributed by atoms with E-state index >= 15 is 0 Å². The van der Waals surface area contributed by atoms with E-state index in [-0.39, 0.29) is 30.7 Å². The number of benzene rings is 1. The Bertz CT molecular complexity index is 550. The van der Waals surface area contributed by atoms with Crippen molar-refractivity contribution in [2.45, 2.75) is 26.4 Å². The Morgan fingerprint density at radius 1 is 1.27 bits per heavy atom. The van der Waals surface area contributed by atoms with Gasteiger partial charge in [0.25, 0.3) is 0 Å². The van der Waals surface area contributed by atoms with Crippen LogP contribution in [-0.2, 0) is 9.59 Å². The number of carbonyl (C=O) groups excluding carboxylic acids is 2. The van der Waals surface area contributed by atoms with Crippen LogP contribution in [0.2, 0.25) is 10.0 Å². The zero-order valence-electron chi connectivity index (χ0n) is 12.8. The summed E-state index contributed by atoms with van der Waals surface area (Å²) in [6.45, 7) is 3.55. The lowest BCUT2D eigenvalue weighted by Gasteiger charge is -2.20. The molecular formula is C15H20Cl2N2O3. The third-order valence-electron chi connectivity index (χ3n) is 3.16. The number of likely N-dealkylation sites (N-methyl/N-ethyl adjacent to an activating group) is 1. The molecule has 22 heavy (non-hydrogen) atoms. The van der Waals surface area contributed by atoms with E-state index in [0.29, 0.717) is 15.7 Å². The van der Waals surface area contributed by atoms with E-state index in [2.05, 4.69) is 5.32 Å². The molecule has 7 heteroatoms. The van der Waals surface area contributed by atoms with Gasteiger partial charge in [-0.1, -0.05) is 37.0 Å². The van der Waals surface area contributed by atoms with Gasteiger partial charge in [0.15, 0.2) is 0 Å². The molecule has 1 aromatic carbocycles. The predicted octanol–water partition coefficient (Wildman–Crippen LogP) is 2.80. The molecule has 1 aromatic rings. The smallest absolute Gasteiger partial charge is 0.243 e. The average molecular weight is 347 g/mol. The predicted molar refractivity (Wildman–Crippen MR) is 88.2 cm³/mol. The average Bonchev–Trinajstić information content (AvgIpc) is 2.42. The van der Waals surface area contributed by atoms with Crippen molar-refractivity contribution < 1.29 is 14.7 Å². The van der Waals surface area contributed by atoms with Gasteiger partial charge in [0, 0.05) is 12.7 Å². The second-order valence-electron chi connectivity index (χ2n) is 5.44. The molecule has 0 aliphatic heterocycles. The molecule has 0 aromatic heterocycles.